The Hall–Kier alpha value is -1.37. The minimum absolute atomic E-state index is 0.164. The second kappa shape index (κ2) is 5.51. The number of aryl methyl sites for hydroxylation is 1. The Balaban J connectivity index is 1.94. The van der Waals surface area contributed by atoms with E-state index in [1.807, 2.05) is 0 Å². The third kappa shape index (κ3) is 2.90. The quantitative estimate of drug-likeness (QED) is 0.628. The van der Waals surface area contributed by atoms with Gasteiger partial charge in [-0.3, -0.25) is 24.2 Å². The monoisotopic (exact) mass is 269 g/mol. The second-order valence-corrected chi connectivity index (χ2v) is 5.45. The van der Waals surface area contributed by atoms with Crippen LogP contribution in [0.3, 0.4) is 0 Å². The summed E-state index contributed by atoms with van der Waals surface area (Å²) in [6, 6.07) is 0. The van der Waals surface area contributed by atoms with Gasteiger partial charge in [-0.25, -0.2) is 0 Å². The van der Waals surface area contributed by atoms with Gasteiger partial charge in [0, 0.05) is 25.1 Å². The standard InChI is InChI=1S/C11H15N3O3S/c1-14-11(12-9(16)10(17)13-14)18-6-5-7-3-2-4-8(7)15/h7H,2-6H2,1H3,(H,13,17). The van der Waals surface area contributed by atoms with Crippen molar-refractivity contribution in [2.24, 2.45) is 13.0 Å². The topological polar surface area (TPSA) is 84.8 Å². The van der Waals surface area contributed by atoms with Gasteiger partial charge in [0.25, 0.3) is 0 Å². The lowest BCUT2D eigenvalue weighted by Gasteiger charge is -2.08. The van der Waals surface area contributed by atoms with Gasteiger partial charge in [-0.1, -0.05) is 11.8 Å². The first-order valence-corrected chi connectivity index (χ1v) is 6.89. The number of hydrogen-bond acceptors (Lipinski definition) is 5. The Morgan fingerprint density at radius 1 is 1.44 bits per heavy atom. The molecule has 98 valence electrons. The summed E-state index contributed by atoms with van der Waals surface area (Å²) in [4.78, 5) is 37.3. The van der Waals surface area contributed by atoms with E-state index >= 15 is 0 Å². The molecule has 0 bridgehead atoms. The van der Waals surface area contributed by atoms with Crippen LogP contribution in [0, 0.1) is 5.92 Å². The van der Waals surface area contributed by atoms with Crippen LogP contribution in [-0.2, 0) is 11.8 Å². The molecule has 1 N–H and O–H groups in total. The molecule has 6 nitrogen and oxygen atoms in total. The molecule has 1 fully saturated rings. The van der Waals surface area contributed by atoms with E-state index in [0.29, 0.717) is 17.4 Å². The molecule has 1 unspecified atom stereocenters. The number of hydrogen-bond donors (Lipinski definition) is 1. The molecule has 0 saturated heterocycles. The summed E-state index contributed by atoms with van der Waals surface area (Å²) in [6.45, 7) is 0. The predicted molar refractivity (Wildman–Crippen MR) is 67.8 cm³/mol. The fourth-order valence-corrected chi connectivity index (χ4v) is 3.05. The highest BCUT2D eigenvalue weighted by atomic mass is 32.2. The zero-order valence-electron chi connectivity index (χ0n) is 10.1. The molecule has 0 aliphatic heterocycles. The van der Waals surface area contributed by atoms with E-state index in [4.69, 9.17) is 0 Å². The highest BCUT2D eigenvalue weighted by Gasteiger charge is 2.23. The van der Waals surface area contributed by atoms with Gasteiger partial charge in [-0.15, -0.1) is 0 Å². The van der Waals surface area contributed by atoms with Crippen molar-refractivity contribution >= 4 is 17.5 Å². The van der Waals surface area contributed by atoms with Gasteiger partial charge in [-0.05, 0) is 19.3 Å². The van der Waals surface area contributed by atoms with Crippen molar-refractivity contribution in [3.63, 3.8) is 0 Å². The van der Waals surface area contributed by atoms with E-state index in [-0.39, 0.29) is 5.92 Å². The van der Waals surface area contributed by atoms with Gasteiger partial charge >= 0.3 is 11.1 Å². The zero-order chi connectivity index (χ0) is 13.1. The lowest BCUT2D eigenvalue weighted by molar-refractivity contribution is -0.120. The summed E-state index contributed by atoms with van der Waals surface area (Å²) in [5.41, 5.74) is -1.49. The van der Waals surface area contributed by atoms with Gasteiger partial charge in [-0.2, -0.15) is 4.98 Å². The summed E-state index contributed by atoms with van der Waals surface area (Å²) in [6.07, 6.45) is 3.46. The molecule has 1 heterocycles. The van der Waals surface area contributed by atoms with E-state index < -0.39 is 11.1 Å². The van der Waals surface area contributed by atoms with Crippen LogP contribution in [0.15, 0.2) is 14.7 Å². The number of aromatic amines is 1. The van der Waals surface area contributed by atoms with Crippen molar-refractivity contribution in [3.8, 4) is 0 Å². The first-order chi connectivity index (χ1) is 8.58. The van der Waals surface area contributed by atoms with Gasteiger partial charge in [0.05, 0.1) is 0 Å². The van der Waals surface area contributed by atoms with Crippen LogP contribution in [0.1, 0.15) is 25.7 Å². The van der Waals surface area contributed by atoms with Crippen LogP contribution in [0.2, 0.25) is 0 Å². The lowest BCUT2D eigenvalue weighted by atomic mass is 10.1. The molecule has 0 amide bonds. The van der Waals surface area contributed by atoms with E-state index in [1.165, 1.54) is 16.4 Å². The summed E-state index contributed by atoms with van der Waals surface area (Å²) >= 11 is 1.39. The predicted octanol–water partition coefficient (Wildman–Crippen LogP) is 0.320. The largest absolute Gasteiger partial charge is 0.339 e. The van der Waals surface area contributed by atoms with Crippen LogP contribution in [0.4, 0.5) is 0 Å². The smallest absolute Gasteiger partial charge is 0.299 e. The van der Waals surface area contributed by atoms with Crippen LogP contribution in [-0.4, -0.2) is 26.3 Å². The molecular formula is C11H15N3O3S. The molecule has 1 aromatic rings. The fourth-order valence-electron chi connectivity index (χ4n) is 2.08. The van der Waals surface area contributed by atoms with Crippen LogP contribution in [0.25, 0.3) is 0 Å². The molecule has 2 rings (SSSR count). The number of thioether (sulfide) groups is 1. The number of Topliss-reactive ketones (excluding diaryl/α,β-unsaturated/α-hetero) is 1. The molecule has 7 heteroatoms. The number of H-pyrrole nitrogens is 1. The molecule has 0 spiro atoms. The molecule has 1 atom stereocenters. The third-order valence-corrected chi connectivity index (χ3v) is 4.14. The van der Waals surface area contributed by atoms with E-state index in [9.17, 15) is 14.4 Å². The molecule has 0 radical (unpaired) electrons. The van der Waals surface area contributed by atoms with Crippen molar-refractivity contribution in [1.82, 2.24) is 14.8 Å². The summed E-state index contributed by atoms with van der Waals surface area (Å²) < 4.78 is 1.44. The zero-order valence-corrected chi connectivity index (χ0v) is 11.0. The molecule has 1 aromatic heterocycles. The minimum atomic E-state index is -0.771. The van der Waals surface area contributed by atoms with E-state index in [2.05, 4.69) is 10.1 Å². The van der Waals surface area contributed by atoms with Crippen molar-refractivity contribution in [2.75, 3.05) is 5.75 Å². The second-order valence-electron chi connectivity index (χ2n) is 4.39. The average Bonchev–Trinajstić information content (AvgIpc) is 2.72. The maximum atomic E-state index is 11.5. The molecule has 1 aliphatic rings. The average molecular weight is 269 g/mol. The fraction of sp³-hybridized carbons (Fsp3) is 0.636. The van der Waals surface area contributed by atoms with E-state index in [0.717, 1.165) is 25.0 Å². The number of nitrogens with one attached hydrogen (secondary N) is 1. The molecule has 1 aliphatic carbocycles. The number of nitrogens with zero attached hydrogens (tertiary/aromatic N) is 2. The Kier molecular flexibility index (Phi) is 4.00. The Labute approximate surface area is 108 Å². The van der Waals surface area contributed by atoms with Crippen molar-refractivity contribution in [2.45, 2.75) is 30.8 Å². The number of rotatable bonds is 4. The highest BCUT2D eigenvalue weighted by molar-refractivity contribution is 7.99. The molecule has 0 aromatic carbocycles. The first kappa shape index (κ1) is 13.1. The van der Waals surface area contributed by atoms with Crippen LogP contribution >= 0.6 is 11.8 Å². The lowest BCUT2D eigenvalue weighted by Crippen LogP contribution is -2.33. The Bertz CT molecular complexity index is 563. The van der Waals surface area contributed by atoms with Crippen molar-refractivity contribution in [3.05, 3.63) is 20.7 Å². The minimum Gasteiger partial charge on any atom is -0.299 e. The number of carbonyl (C=O) groups is 1. The SMILES string of the molecule is Cn1[nH]c(=O)c(=O)nc1SCCC1CCCC1=O. The van der Waals surface area contributed by atoms with Crippen molar-refractivity contribution in [1.29, 1.82) is 0 Å². The maximum absolute atomic E-state index is 11.5. The van der Waals surface area contributed by atoms with Crippen LogP contribution < -0.4 is 11.1 Å². The number of carbonyl (C=O) groups excluding carboxylic acids is 1. The summed E-state index contributed by atoms with van der Waals surface area (Å²) in [5, 5.41) is 2.87. The molecular weight excluding hydrogens is 254 g/mol. The summed E-state index contributed by atoms with van der Waals surface area (Å²) in [7, 11) is 1.64. The third-order valence-electron chi connectivity index (χ3n) is 3.08. The number of ketones is 1. The Morgan fingerprint density at radius 2 is 2.22 bits per heavy atom. The first-order valence-electron chi connectivity index (χ1n) is 5.91. The maximum Gasteiger partial charge on any atom is 0.339 e. The van der Waals surface area contributed by atoms with Gasteiger partial charge in [0.2, 0.25) is 0 Å². The van der Waals surface area contributed by atoms with Gasteiger partial charge < -0.3 is 0 Å². The number of aromatic nitrogens is 3. The van der Waals surface area contributed by atoms with Gasteiger partial charge in [0.15, 0.2) is 5.16 Å². The molecule has 1 saturated carbocycles. The van der Waals surface area contributed by atoms with E-state index in [1.54, 1.807) is 7.05 Å². The van der Waals surface area contributed by atoms with Crippen molar-refractivity contribution < 1.29 is 4.79 Å². The highest BCUT2D eigenvalue weighted by Crippen LogP contribution is 2.26. The van der Waals surface area contributed by atoms with Crippen LogP contribution in [0.5, 0.6) is 0 Å². The summed E-state index contributed by atoms with van der Waals surface area (Å²) in [5.74, 6) is 1.24. The Morgan fingerprint density at radius 3 is 2.89 bits per heavy atom. The normalized spacial score (nSPS) is 19.4. The van der Waals surface area contributed by atoms with Gasteiger partial charge in [0.1, 0.15) is 5.78 Å². The molecule has 18 heavy (non-hydrogen) atoms.